The van der Waals surface area contributed by atoms with Crippen LogP contribution in [-0.2, 0) is 16.4 Å². The van der Waals surface area contributed by atoms with Crippen LogP contribution in [0.5, 0.6) is 0 Å². The molecule has 0 radical (unpaired) electrons. The third-order valence-corrected chi connectivity index (χ3v) is 9.06. The van der Waals surface area contributed by atoms with E-state index in [1.54, 1.807) is 0 Å². The lowest BCUT2D eigenvalue weighted by molar-refractivity contribution is 0.153. The fraction of sp³-hybridized carbons (Fsp3) is 0.333. The lowest BCUT2D eigenvalue weighted by Gasteiger charge is -2.42. The lowest BCUT2D eigenvalue weighted by Crippen LogP contribution is -2.44. The maximum absolute atomic E-state index is 14.0. The molecule has 2 fully saturated rings. The van der Waals surface area contributed by atoms with Gasteiger partial charge in [0.2, 0.25) is 0 Å². The summed E-state index contributed by atoms with van der Waals surface area (Å²) in [5, 5.41) is 10.3. The van der Waals surface area contributed by atoms with Crippen LogP contribution in [0.1, 0.15) is 41.1 Å². The fourth-order valence-electron chi connectivity index (χ4n) is 5.74. The summed E-state index contributed by atoms with van der Waals surface area (Å²) in [5.41, 5.74) is 3.84. The average molecular weight is 573 g/mol. The summed E-state index contributed by atoms with van der Waals surface area (Å²) in [7, 11) is -3.74. The van der Waals surface area contributed by atoms with E-state index in [9.17, 15) is 22.3 Å². The molecule has 2 aliphatic rings. The number of nitrogens with zero attached hydrogens (tertiary/aromatic N) is 2. The first-order valence-electron chi connectivity index (χ1n) is 12.9. The van der Waals surface area contributed by atoms with Crippen LogP contribution in [0.25, 0.3) is 4.91 Å². The Bertz CT molecular complexity index is 1450. The Morgan fingerprint density at radius 2 is 1.59 bits per heavy atom. The Kier molecular flexibility index (Phi) is 8.21. The summed E-state index contributed by atoms with van der Waals surface area (Å²) in [6.45, 7) is 2.58. The first-order chi connectivity index (χ1) is 18.6. The monoisotopic (exact) mass is 572 g/mol. The van der Waals surface area contributed by atoms with Gasteiger partial charge in [-0.25, -0.2) is 17.2 Å². The number of likely N-dealkylation sites (tertiary alicyclic amines) is 2. The predicted molar refractivity (Wildman–Crippen MR) is 150 cm³/mol. The highest BCUT2D eigenvalue weighted by Crippen LogP contribution is 2.39. The minimum Gasteiger partial charge on any atom is -0.395 e. The molecule has 0 aromatic heterocycles. The van der Waals surface area contributed by atoms with Gasteiger partial charge in [-0.05, 0) is 71.5 Å². The van der Waals surface area contributed by atoms with E-state index in [-0.39, 0.29) is 29.2 Å². The molecule has 0 spiro atoms. The van der Waals surface area contributed by atoms with E-state index < -0.39 is 21.5 Å². The predicted octanol–water partition coefficient (Wildman–Crippen LogP) is 5.44. The highest BCUT2D eigenvalue weighted by Gasteiger charge is 2.35. The molecule has 9 heteroatoms. The van der Waals surface area contributed by atoms with Crippen LogP contribution in [0.3, 0.4) is 0 Å². The van der Waals surface area contributed by atoms with Gasteiger partial charge in [0, 0.05) is 43.0 Å². The van der Waals surface area contributed by atoms with Crippen LogP contribution in [0.4, 0.5) is 8.78 Å². The van der Waals surface area contributed by atoms with Gasteiger partial charge in [-0.15, -0.1) is 0 Å². The van der Waals surface area contributed by atoms with Crippen molar-refractivity contribution in [2.75, 3.05) is 32.5 Å². The SMILES string of the molecule is CS(=O)(=O)C(=C1CN([C@@H](c2ccc(Cl)cc2)c2ccc(CN3CCC[C@H]3CO)cc2)C1)c1cc(F)cc(F)c1. The third-order valence-electron chi connectivity index (χ3n) is 7.55. The Hall–Kier alpha value is -2.62. The second kappa shape index (κ2) is 11.5. The van der Waals surface area contributed by atoms with Gasteiger partial charge in [-0.1, -0.05) is 48.0 Å². The van der Waals surface area contributed by atoms with Crippen molar-refractivity contribution in [2.24, 2.45) is 0 Å². The van der Waals surface area contributed by atoms with Crippen molar-refractivity contribution in [1.82, 2.24) is 9.80 Å². The van der Waals surface area contributed by atoms with Gasteiger partial charge in [-0.2, -0.15) is 0 Å². The lowest BCUT2D eigenvalue weighted by atomic mass is 9.91. The second-order valence-corrected chi connectivity index (χ2v) is 12.8. The third kappa shape index (κ3) is 6.26. The van der Waals surface area contributed by atoms with E-state index in [1.165, 1.54) is 0 Å². The molecule has 0 aliphatic carbocycles. The van der Waals surface area contributed by atoms with Gasteiger partial charge in [-0.3, -0.25) is 9.80 Å². The molecular weight excluding hydrogens is 542 g/mol. The van der Waals surface area contributed by atoms with Crippen molar-refractivity contribution in [1.29, 1.82) is 0 Å². The molecule has 1 N–H and O–H groups in total. The maximum atomic E-state index is 14.0. The van der Waals surface area contributed by atoms with Crippen molar-refractivity contribution in [3.05, 3.63) is 111 Å². The largest absolute Gasteiger partial charge is 0.395 e. The second-order valence-electron chi connectivity index (χ2n) is 10.4. The summed E-state index contributed by atoms with van der Waals surface area (Å²) in [6.07, 6.45) is 3.16. The van der Waals surface area contributed by atoms with Crippen molar-refractivity contribution >= 4 is 26.3 Å². The molecule has 0 bridgehead atoms. The number of rotatable bonds is 8. The molecule has 5 nitrogen and oxygen atoms in total. The topological polar surface area (TPSA) is 60.9 Å². The number of halogens is 3. The summed E-state index contributed by atoms with van der Waals surface area (Å²) < 4.78 is 53.3. The van der Waals surface area contributed by atoms with Crippen molar-refractivity contribution in [3.63, 3.8) is 0 Å². The molecule has 0 unspecified atom stereocenters. The number of aliphatic hydroxyl groups excluding tert-OH is 1. The summed E-state index contributed by atoms with van der Waals surface area (Å²) in [4.78, 5) is 4.42. The number of hydrogen-bond acceptors (Lipinski definition) is 5. The molecule has 0 amide bonds. The zero-order valence-corrected chi connectivity index (χ0v) is 23.2. The van der Waals surface area contributed by atoms with E-state index in [0.717, 1.165) is 67.1 Å². The van der Waals surface area contributed by atoms with Gasteiger partial charge in [0.15, 0.2) is 9.84 Å². The van der Waals surface area contributed by atoms with E-state index in [0.29, 0.717) is 23.7 Å². The van der Waals surface area contributed by atoms with Crippen molar-refractivity contribution in [3.8, 4) is 0 Å². The summed E-state index contributed by atoms with van der Waals surface area (Å²) >= 11 is 6.15. The Labute approximate surface area is 233 Å². The summed E-state index contributed by atoms with van der Waals surface area (Å²) in [5.74, 6) is -1.64. The van der Waals surface area contributed by atoms with Gasteiger partial charge >= 0.3 is 0 Å². The molecule has 2 saturated heterocycles. The average Bonchev–Trinajstić information content (AvgIpc) is 3.30. The van der Waals surface area contributed by atoms with Crippen LogP contribution in [-0.4, -0.2) is 61.9 Å². The summed E-state index contributed by atoms with van der Waals surface area (Å²) in [6, 6.07) is 18.8. The number of hydrogen-bond donors (Lipinski definition) is 1. The molecule has 39 heavy (non-hydrogen) atoms. The van der Waals surface area contributed by atoms with Crippen LogP contribution in [0.2, 0.25) is 5.02 Å². The minimum absolute atomic E-state index is 0.0218. The van der Waals surface area contributed by atoms with E-state index in [2.05, 4.69) is 34.1 Å². The van der Waals surface area contributed by atoms with E-state index in [1.807, 2.05) is 24.3 Å². The molecule has 2 aliphatic heterocycles. The van der Waals surface area contributed by atoms with Crippen LogP contribution >= 0.6 is 11.6 Å². The molecule has 2 heterocycles. The number of benzene rings is 3. The van der Waals surface area contributed by atoms with Crippen LogP contribution in [0, 0.1) is 11.6 Å². The van der Waals surface area contributed by atoms with E-state index in [4.69, 9.17) is 11.6 Å². The fourth-order valence-corrected chi connectivity index (χ4v) is 7.07. The molecule has 3 aromatic carbocycles. The van der Waals surface area contributed by atoms with Crippen molar-refractivity contribution < 1.29 is 22.3 Å². The standard InChI is InChI=1S/C30H31ClF2N2O3S/c1-39(37,38)30(23-13-26(32)15-27(33)14-23)24-17-35(18-24)29(22-8-10-25(31)11-9-22)21-6-4-20(5-7-21)16-34-12-2-3-28(34)19-36/h4-11,13-15,28-29,36H,2-3,12,16-19H2,1H3/t28-,29+/m0/s1. The van der Waals surface area contributed by atoms with Crippen LogP contribution in [0.15, 0.2) is 72.3 Å². The first-order valence-corrected chi connectivity index (χ1v) is 15.2. The molecule has 206 valence electrons. The highest BCUT2D eigenvalue weighted by molar-refractivity contribution is 8.00. The minimum atomic E-state index is -3.74. The normalized spacial score (nSPS) is 19.2. The zero-order chi connectivity index (χ0) is 27.7. The Balaban J connectivity index is 1.44. The quantitative estimate of drug-likeness (QED) is 0.390. The van der Waals surface area contributed by atoms with Gasteiger partial charge < -0.3 is 5.11 Å². The van der Waals surface area contributed by atoms with E-state index >= 15 is 0 Å². The first kappa shape index (κ1) is 27.9. The van der Waals surface area contributed by atoms with Gasteiger partial charge in [0.05, 0.1) is 17.6 Å². The maximum Gasteiger partial charge on any atom is 0.176 e. The van der Waals surface area contributed by atoms with Crippen molar-refractivity contribution in [2.45, 2.75) is 31.5 Å². The molecule has 0 saturated carbocycles. The smallest absolute Gasteiger partial charge is 0.176 e. The molecular formula is C30H31ClF2N2O3S. The van der Waals surface area contributed by atoms with Crippen LogP contribution < -0.4 is 0 Å². The molecule has 3 aromatic rings. The van der Waals surface area contributed by atoms with Gasteiger partial charge in [0.25, 0.3) is 0 Å². The number of sulfone groups is 1. The van der Waals surface area contributed by atoms with Gasteiger partial charge in [0.1, 0.15) is 11.6 Å². The number of aliphatic hydroxyl groups is 1. The highest BCUT2D eigenvalue weighted by atomic mass is 35.5. The Morgan fingerprint density at radius 3 is 2.15 bits per heavy atom. The zero-order valence-electron chi connectivity index (χ0n) is 21.7. The molecule has 2 atom stereocenters. The Morgan fingerprint density at radius 1 is 1.00 bits per heavy atom. The molecule has 5 rings (SSSR count).